The van der Waals surface area contributed by atoms with Crippen LogP contribution in [0, 0.1) is 20.8 Å². The van der Waals surface area contributed by atoms with Crippen molar-refractivity contribution in [3.8, 4) is 0 Å². The molecule has 0 saturated heterocycles. The minimum atomic E-state index is 0.651. The molecule has 0 radical (unpaired) electrons. The molecule has 0 fully saturated rings. The number of nitrogen functional groups attached to an aromatic ring is 1. The van der Waals surface area contributed by atoms with Crippen molar-refractivity contribution in [3.63, 3.8) is 0 Å². The van der Waals surface area contributed by atoms with Gasteiger partial charge in [0, 0.05) is 0 Å². The van der Waals surface area contributed by atoms with Crippen LogP contribution < -0.4 is 11.2 Å². The van der Waals surface area contributed by atoms with Crippen LogP contribution >= 0.6 is 0 Å². The van der Waals surface area contributed by atoms with Gasteiger partial charge in [0.1, 0.15) is 0 Å². The Morgan fingerprint density at radius 2 is 1.86 bits per heavy atom. The van der Waals surface area contributed by atoms with E-state index < -0.39 is 0 Å². The van der Waals surface area contributed by atoms with Crippen molar-refractivity contribution in [2.75, 3.05) is 11.2 Å². The maximum atomic E-state index is 6.24. The molecule has 1 aliphatic rings. The van der Waals surface area contributed by atoms with Crippen molar-refractivity contribution in [2.24, 2.45) is 0 Å². The van der Waals surface area contributed by atoms with E-state index in [4.69, 9.17) is 15.2 Å². The van der Waals surface area contributed by atoms with Gasteiger partial charge in [-0.2, -0.15) is 0 Å². The Labute approximate surface area is 167 Å². The van der Waals surface area contributed by atoms with E-state index in [0.29, 0.717) is 23.6 Å². The van der Waals surface area contributed by atoms with Gasteiger partial charge >= 0.3 is 167 Å². The number of hydrogen-bond acceptors (Lipinski definition) is 4. The number of hydrogen-bond donors (Lipinski definition) is 2. The van der Waals surface area contributed by atoms with Gasteiger partial charge in [-0.05, 0) is 0 Å². The molecule has 0 aliphatic heterocycles. The SMILES string of the molecule is C=BOC1=C/C(=C(\ONc2c(C)cc(C)cc2C)c2ccccc2N)CC=C1. The van der Waals surface area contributed by atoms with Crippen molar-refractivity contribution in [2.45, 2.75) is 27.2 Å². The van der Waals surface area contributed by atoms with Crippen LogP contribution in [0.4, 0.5) is 11.4 Å². The quantitative estimate of drug-likeness (QED) is 0.329. The summed E-state index contributed by atoms with van der Waals surface area (Å²) in [6, 6.07) is 11.9. The molecule has 28 heavy (non-hydrogen) atoms. The predicted molar refractivity (Wildman–Crippen MR) is 119 cm³/mol. The van der Waals surface area contributed by atoms with Gasteiger partial charge in [-0.1, -0.05) is 0 Å². The van der Waals surface area contributed by atoms with E-state index in [1.807, 2.05) is 42.5 Å². The first-order chi connectivity index (χ1) is 13.5. The second-order valence-electron chi connectivity index (χ2n) is 6.86. The first-order valence-corrected chi connectivity index (χ1v) is 9.24. The van der Waals surface area contributed by atoms with E-state index in [2.05, 4.69) is 44.9 Å². The van der Waals surface area contributed by atoms with Crippen molar-refractivity contribution in [3.05, 3.63) is 88.2 Å². The Bertz CT molecular complexity index is 967. The topological polar surface area (TPSA) is 56.5 Å². The molecule has 2 aromatic rings. The first-order valence-electron chi connectivity index (χ1n) is 9.24. The van der Waals surface area contributed by atoms with Crippen LogP contribution in [0.15, 0.2) is 66.0 Å². The third-order valence-corrected chi connectivity index (χ3v) is 4.59. The molecule has 0 aromatic heterocycles. The van der Waals surface area contributed by atoms with Gasteiger partial charge in [0.25, 0.3) is 0 Å². The molecule has 0 amide bonds. The van der Waals surface area contributed by atoms with E-state index in [1.54, 1.807) is 0 Å². The molecule has 0 unspecified atom stereocenters. The number of benzene rings is 2. The molecule has 5 heteroatoms. The van der Waals surface area contributed by atoms with Crippen molar-refractivity contribution in [1.29, 1.82) is 0 Å². The first kappa shape index (κ1) is 19.6. The molecule has 142 valence electrons. The van der Waals surface area contributed by atoms with Crippen molar-refractivity contribution in [1.82, 2.24) is 0 Å². The third kappa shape index (κ3) is 4.37. The number of nitrogens with two attached hydrogens (primary N) is 1. The molecule has 3 rings (SSSR count). The second-order valence-corrected chi connectivity index (χ2v) is 6.86. The van der Waals surface area contributed by atoms with Gasteiger partial charge in [-0.15, -0.1) is 0 Å². The number of para-hydroxylation sites is 1. The summed E-state index contributed by atoms with van der Waals surface area (Å²) in [6.45, 7) is 9.84. The van der Waals surface area contributed by atoms with E-state index in [9.17, 15) is 0 Å². The van der Waals surface area contributed by atoms with Gasteiger partial charge < -0.3 is 0 Å². The number of aryl methyl sites for hydroxylation is 3. The summed E-state index contributed by atoms with van der Waals surface area (Å²) in [4.78, 5) is 6.15. The summed E-state index contributed by atoms with van der Waals surface area (Å²) in [5.74, 6) is 1.38. The minimum absolute atomic E-state index is 0.651. The molecular weight excluding hydrogens is 347 g/mol. The zero-order valence-electron chi connectivity index (χ0n) is 16.6. The zero-order valence-corrected chi connectivity index (χ0v) is 16.6. The van der Waals surface area contributed by atoms with Gasteiger partial charge in [0.2, 0.25) is 0 Å². The zero-order chi connectivity index (χ0) is 20.1. The Morgan fingerprint density at radius 3 is 2.54 bits per heavy atom. The third-order valence-electron chi connectivity index (χ3n) is 4.59. The normalized spacial score (nSPS) is 14.8. The van der Waals surface area contributed by atoms with Crippen LogP contribution in [-0.2, 0) is 9.49 Å². The summed E-state index contributed by atoms with van der Waals surface area (Å²) < 4.78 is 5.44. The van der Waals surface area contributed by atoms with E-state index >= 15 is 0 Å². The fourth-order valence-electron chi connectivity index (χ4n) is 3.35. The summed E-state index contributed by atoms with van der Waals surface area (Å²) in [5.41, 5.74) is 16.3. The molecule has 0 saturated carbocycles. The molecule has 0 bridgehead atoms. The van der Waals surface area contributed by atoms with Crippen LogP contribution in [0.2, 0.25) is 0 Å². The van der Waals surface area contributed by atoms with Crippen molar-refractivity contribution < 1.29 is 9.49 Å². The average Bonchev–Trinajstić information content (AvgIpc) is 2.65. The summed E-state index contributed by atoms with van der Waals surface area (Å²) in [6.07, 6.45) is 6.60. The van der Waals surface area contributed by atoms with Crippen LogP contribution in [0.5, 0.6) is 0 Å². The maximum absolute atomic E-state index is 6.24. The van der Waals surface area contributed by atoms with E-state index in [-0.39, 0.29) is 0 Å². The van der Waals surface area contributed by atoms with Gasteiger partial charge in [0.05, 0.1) is 0 Å². The number of allylic oxidation sites excluding steroid dienone is 4. The number of nitrogens with one attached hydrogen (secondary N) is 1. The summed E-state index contributed by atoms with van der Waals surface area (Å²) in [7, 11) is 1.41. The fourth-order valence-corrected chi connectivity index (χ4v) is 3.35. The Kier molecular flexibility index (Phi) is 6.04. The molecule has 0 atom stereocenters. The summed E-state index contributed by atoms with van der Waals surface area (Å²) >= 11 is 0. The van der Waals surface area contributed by atoms with E-state index in [1.165, 1.54) is 12.7 Å². The molecular formula is C23H25BN2O2. The molecule has 0 spiro atoms. The van der Waals surface area contributed by atoms with Gasteiger partial charge in [-0.3, -0.25) is 0 Å². The molecule has 4 nitrogen and oxygen atoms in total. The predicted octanol–water partition coefficient (Wildman–Crippen LogP) is 4.86. The standard InChI is InChI=1S/C23H25BN2O2/c1-15-12-16(2)22(17(3)13-15)26-28-23(20-10-5-6-11-21(20)25)18-8-7-9-19(14-18)27-24-4/h5-7,9-14,26H,4,8,25H2,1-3H3/b23-18-. The van der Waals surface area contributed by atoms with Crippen LogP contribution in [0.3, 0.4) is 0 Å². The average molecular weight is 372 g/mol. The molecule has 2 aromatic carbocycles. The van der Waals surface area contributed by atoms with Crippen LogP contribution in [0.25, 0.3) is 5.76 Å². The Hall–Kier alpha value is -3.21. The van der Waals surface area contributed by atoms with Crippen LogP contribution in [-0.4, -0.2) is 13.6 Å². The van der Waals surface area contributed by atoms with Gasteiger partial charge in [0.15, 0.2) is 0 Å². The number of rotatable bonds is 6. The molecule has 1 aliphatic carbocycles. The Balaban J connectivity index is 2.01. The van der Waals surface area contributed by atoms with Gasteiger partial charge in [-0.25, -0.2) is 0 Å². The summed E-state index contributed by atoms with van der Waals surface area (Å²) in [5, 5.41) is 0. The second kappa shape index (κ2) is 8.66. The number of anilines is 2. The fraction of sp³-hybridized carbons (Fsp3) is 0.174. The van der Waals surface area contributed by atoms with Crippen molar-refractivity contribution >= 4 is 30.7 Å². The Morgan fingerprint density at radius 1 is 1.14 bits per heavy atom. The molecule has 3 N–H and O–H groups in total. The van der Waals surface area contributed by atoms with Crippen LogP contribution in [0.1, 0.15) is 28.7 Å². The molecule has 0 heterocycles. The van der Waals surface area contributed by atoms with E-state index in [0.717, 1.165) is 28.0 Å². The monoisotopic (exact) mass is 372 g/mol.